The number of hydrogen-bond acceptors (Lipinski definition) is 5. The average molecular weight is 432 g/mol. The molecule has 2 fully saturated rings. The van der Waals surface area contributed by atoms with Crippen molar-refractivity contribution in [2.45, 2.75) is 39.2 Å². The zero-order valence-corrected chi connectivity index (χ0v) is 19.1. The molecular weight excluding hydrogens is 398 g/mol. The maximum Gasteiger partial charge on any atom is 0.261 e. The Morgan fingerprint density at radius 2 is 1.55 bits per heavy atom. The second-order valence-corrected chi connectivity index (χ2v) is 9.08. The predicted molar refractivity (Wildman–Crippen MR) is 116 cm³/mol. The molecule has 2 aliphatic heterocycles. The van der Waals surface area contributed by atoms with Gasteiger partial charge in [0, 0.05) is 44.7 Å². The van der Waals surface area contributed by atoms with Crippen LogP contribution in [0.25, 0.3) is 0 Å². The second-order valence-electron chi connectivity index (χ2n) is 9.08. The summed E-state index contributed by atoms with van der Waals surface area (Å²) in [5.74, 6) is 0.480. The van der Waals surface area contributed by atoms with Crippen LogP contribution < -0.4 is 9.47 Å². The molecule has 8 nitrogen and oxygen atoms in total. The summed E-state index contributed by atoms with van der Waals surface area (Å²) in [6.45, 7) is 8.40. The molecule has 2 saturated heterocycles. The van der Waals surface area contributed by atoms with Gasteiger partial charge in [-0.05, 0) is 39.3 Å². The van der Waals surface area contributed by atoms with Gasteiger partial charge in [0.15, 0.2) is 0 Å². The fraction of sp³-hybridized carbons (Fsp3) is 0.609. The van der Waals surface area contributed by atoms with Gasteiger partial charge in [-0.1, -0.05) is 6.07 Å². The van der Waals surface area contributed by atoms with Gasteiger partial charge < -0.3 is 24.2 Å². The number of amides is 3. The maximum atomic E-state index is 13.3. The van der Waals surface area contributed by atoms with Crippen LogP contribution in [0, 0.1) is 5.92 Å². The Morgan fingerprint density at radius 1 is 0.968 bits per heavy atom. The minimum Gasteiger partial charge on any atom is -0.496 e. The first kappa shape index (κ1) is 22.9. The first-order valence-corrected chi connectivity index (χ1v) is 10.8. The first-order chi connectivity index (χ1) is 14.7. The molecular formula is C23H33N3O5. The van der Waals surface area contributed by atoms with Crippen LogP contribution in [0.1, 0.15) is 44.0 Å². The molecule has 2 heterocycles. The van der Waals surface area contributed by atoms with E-state index in [4.69, 9.17) is 9.47 Å². The molecule has 3 amide bonds. The van der Waals surface area contributed by atoms with E-state index in [-0.39, 0.29) is 35.6 Å². The van der Waals surface area contributed by atoms with Gasteiger partial charge in [0.1, 0.15) is 17.1 Å². The monoisotopic (exact) mass is 431 g/mol. The van der Waals surface area contributed by atoms with Crippen LogP contribution in [-0.4, -0.2) is 84.9 Å². The third kappa shape index (κ3) is 4.78. The Morgan fingerprint density at radius 3 is 2.10 bits per heavy atom. The van der Waals surface area contributed by atoms with E-state index in [1.54, 1.807) is 32.9 Å². The van der Waals surface area contributed by atoms with Gasteiger partial charge in [-0.3, -0.25) is 14.4 Å². The molecule has 170 valence electrons. The van der Waals surface area contributed by atoms with E-state index in [0.29, 0.717) is 56.2 Å². The quantitative estimate of drug-likeness (QED) is 0.729. The molecule has 0 aromatic heterocycles. The normalized spacial score (nSPS) is 20.0. The van der Waals surface area contributed by atoms with Gasteiger partial charge in [0.2, 0.25) is 11.8 Å². The molecule has 0 aliphatic carbocycles. The summed E-state index contributed by atoms with van der Waals surface area (Å²) in [4.78, 5) is 44.1. The van der Waals surface area contributed by atoms with Crippen LogP contribution in [0.3, 0.4) is 0 Å². The Bertz CT molecular complexity index is 826. The van der Waals surface area contributed by atoms with E-state index >= 15 is 0 Å². The Kier molecular flexibility index (Phi) is 6.77. The lowest BCUT2D eigenvalue weighted by Gasteiger charge is -2.32. The highest BCUT2D eigenvalue weighted by atomic mass is 16.5. The lowest BCUT2D eigenvalue weighted by molar-refractivity contribution is -0.135. The number of rotatable bonds is 4. The largest absolute Gasteiger partial charge is 0.496 e. The van der Waals surface area contributed by atoms with Crippen LogP contribution >= 0.6 is 0 Å². The molecule has 1 atom stereocenters. The molecule has 31 heavy (non-hydrogen) atoms. The van der Waals surface area contributed by atoms with Crippen molar-refractivity contribution in [1.82, 2.24) is 14.7 Å². The van der Waals surface area contributed by atoms with Crippen LogP contribution in [0.4, 0.5) is 0 Å². The Balaban J connectivity index is 1.68. The zero-order valence-electron chi connectivity index (χ0n) is 19.1. The first-order valence-electron chi connectivity index (χ1n) is 10.8. The second kappa shape index (κ2) is 9.16. The SMILES string of the molecule is COc1cccc(OC)c1C(=O)N1CCCN(C(=O)C2CC(=O)N(C(C)(C)C)C2)CC1. The Hall–Kier alpha value is -2.77. The van der Waals surface area contributed by atoms with Gasteiger partial charge >= 0.3 is 0 Å². The van der Waals surface area contributed by atoms with E-state index in [1.807, 2.05) is 20.8 Å². The summed E-state index contributed by atoms with van der Waals surface area (Å²) < 4.78 is 10.8. The van der Waals surface area contributed by atoms with Crippen molar-refractivity contribution in [2.24, 2.45) is 5.92 Å². The molecule has 0 saturated carbocycles. The summed E-state index contributed by atoms with van der Waals surface area (Å²) in [5.41, 5.74) is 0.108. The van der Waals surface area contributed by atoms with E-state index < -0.39 is 0 Å². The molecule has 0 N–H and O–H groups in total. The summed E-state index contributed by atoms with van der Waals surface area (Å²) in [6, 6.07) is 5.25. The maximum absolute atomic E-state index is 13.3. The van der Waals surface area contributed by atoms with Crippen LogP contribution in [0.2, 0.25) is 0 Å². The van der Waals surface area contributed by atoms with Gasteiger partial charge in [0.05, 0.1) is 20.1 Å². The predicted octanol–water partition coefficient (Wildman–Crippen LogP) is 2.03. The molecule has 0 spiro atoms. The smallest absolute Gasteiger partial charge is 0.261 e. The zero-order chi connectivity index (χ0) is 22.8. The molecule has 2 aliphatic rings. The van der Waals surface area contributed by atoms with E-state index in [2.05, 4.69) is 0 Å². The third-order valence-electron chi connectivity index (χ3n) is 6.02. The van der Waals surface area contributed by atoms with Crippen molar-refractivity contribution >= 4 is 17.7 Å². The number of methoxy groups -OCH3 is 2. The van der Waals surface area contributed by atoms with Crippen LogP contribution in [-0.2, 0) is 9.59 Å². The van der Waals surface area contributed by atoms with Crippen molar-refractivity contribution in [3.63, 3.8) is 0 Å². The fourth-order valence-corrected chi connectivity index (χ4v) is 4.34. The highest BCUT2D eigenvalue weighted by molar-refractivity contribution is 6.00. The van der Waals surface area contributed by atoms with Gasteiger partial charge in [0.25, 0.3) is 5.91 Å². The molecule has 1 aromatic rings. The summed E-state index contributed by atoms with van der Waals surface area (Å²) >= 11 is 0. The lowest BCUT2D eigenvalue weighted by Crippen LogP contribution is -2.44. The minimum absolute atomic E-state index is 0.00395. The fourth-order valence-electron chi connectivity index (χ4n) is 4.34. The van der Waals surface area contributed by atoms with E-state index in [0.717, 1.165) is 0 Å². The number of ether oxygens (including phenoxy) is 2. The molecule has 8 heteroatoms. The van der Waals surface area contributed by atoms with Gasteiger partial charge in [-0.2, -0.15) is 0 Å². The highest BCUT2D eigenvalue weighted by Gasteiger charge is 2.41. The average Bonchev–Trinajstić information content (AvgIpc) is 2.98. The van der Waals surface area contributed by atoms with Crippen LogP contribution in [0.15, 0.2) is 18.2 Å². The Labute approximate surface area is 184 Å². The van der Waals surface area contributed by atoms with E-state index in [1.165, 1.54) is 14.2 Å². The molecule has 1 unspecified atom stereocenters. The number of hydrogen-bond donors (Lipinski definition) is 0. The van der Waals surface area contributed by atoms with Gasteiger partial charge in [-0.15, -0.1) is 0 Å². The molecule has 3 rings (SSSR count). The number of carbonyl (C=O) groups is 3. The van der Waals surface area contributed by atoms with Crippen molar-refractivity contribution < 1.29 is 23.9 Å². The standard InChI is InChI=1S/C23H33N3O5/c1-23(2,3)26-15-16(14-19(26)27)21(28)24-10-7-11-25(13-12-24)22(29)20-17(30-4)8-6-9-18(20)31-5/h6,8-9,16H,7,10-15H2,1-5H3. The highest BCUT2D eigenvalue weighted by Crippen LogP contribution is 2.30. The molecule has 0 radical (unpaired) electrons. The molecule has 1 aromatic carbocycles. The van der Waals surface area contributed by atoms with Crippen LogP contribution in [0.5, 0.6) is 11.5 Å². The topological polar surface area (TPSA) is 79.4 Å². The number of likely N-dealkylation sites (tertiary alicyclic amines) is 1. The minimum atomic E-state index is -0.316. The van der Waals surface area contributed by atoms with Gasteiger partial charge in [-0.25, -0.2) is 0 Å². The number of carbonyl (C=O) groups excluding carboxylic acids is 3. The van der Waals surface area contributed by atoms with Crippen molar-refractivity contribution in [1.29, 1.82) is 0 Å². The van der Waals surface area contributed by atoms with E-state index in [9.17, 15) is 14.4 Å². The molecule has 0 bridgehead atoms. The summed E-state index contributed by atoms with van der Waals surface area (Å²) in [7, 11) is 3.05. The van der Waals surface area contributed by atoms with Crippen molar-refractivity contribution in [3.05, 3.63) is 23.8 Å². The lowest BCUT2D eigenvalue weighted by atomic mass is 10.1. The van der Waals surface area contributed by atoms with Crippen molar-refractivity contribution in [3.8, 4) is 11.5 Å². The summed E-state index contributed by atoms with van der Waals surface area (Å²) in [5, 5.41) is 0. The number of benzene rings is 1. The summed E-state index contributed by atoms with van der Waals surface area (Å²) in [6.07, 6.45) is 0.937. The number of nitrogens with zero attached hydrogens (tertiary/aromatic N) is 3. The van der Waals surface area contributed by atoms with Crippen molar-refractivity contribution in [2.75, 3.05) is 46.9 Å². The third-order valence-corrected chi connectivity index (χ3v) is 6.02.